The van der Waals surface area contributed by atoms with E-state index >= 15 is 0 Å². The Labute approximate surface area is 127 Å². The van der Waals surface area contributed by atoms with Crippen molar-refractivity contribution >= 4 is 34.9 Å². The van der Waals surface area contributed by atoms with Crippen molar-refractivity contribution in [1.29, 1.82) is 0 Å². The summed E-state index contributed by atoms with van der Waals surface area (Å²) in [7, 11) is 1.53. The quantitative estimate of drug-likeness (QED) is 0.814. The average Bonchev–Trinajstić information content (AvgIpc) is 2.49. The molecule has 0 bridgehead atoms. The van der Waals surface area contributed by atoms with Gasteiger partial charge >= 0.3 is 6.03 Å². The number of amides is 3. The van der Waals surface area contributed by atoms with Gasteiger partial charge in [0.2, 0.25) is 0 Å². The molecule has 108 valence electrons. The minimum absolute atomic E-state index is 0.266. The van der Waals surface area contributed by atoms with Crippen LogP contribution in [-0.4, -0.2) is 19.0 Å². The second kappa shape index (κ2) is 6.76. The average molecular weight is 304 g/mol. The van der Waals surface area contributed by atoms with Crippen molar-refractivity contribution in [2.45, 2.75) is 0 Å². The highest BCUT2D eigenvalue weighted by molar-refractivity contribution is 6.30. The third-order valence-electron chi connectivity index (χ3n) is 2.75. The number of carbonyl (C=O) groups excluding carboxylic acids is 2. The lowest BCUT2D eigenvalue weighted by atomic mass is 10.1. The fourth-order valence-electron chi connectivity index (χ4n) is 1.74. The predicted octanol–water partition coefficient (Wildman–Crippen LogP) is 3.34. The van der Waals surface area contributed by atoms with Crippen molar-refractivity contribution in [3.8, 4) is 0 Å². The Morgan fingerprint density at radius 2 is 1.62 bits per heavy atom. The van der Waals surface area contributed by atoms with Crippen molar-refractivity contribution in [3.63, 3.8) is 0 Å². The maximum absolute atomic E-state index is 11.9. The highest BCUT2D eigenvalue weighted by Crippen LogP contribution is 2.17. The summed E-state index contributed by atoms with van der Waals surface area (Å²) in [6.45, 7) is 0. The molecule has 2 rings (SSSR count). The molecule has 0 spiro atoms. The van der Waals surface area contributed by atoms with Gasteiger partial charge in [0.25, 0.3) is 5.91 Å². The molecule has 0 atom stereocenters. The Morgan fingerprint density at radius 1 is 0.952 bits per heavy atom. The fraction of sp³-hybridized carbons (Fsp3) is 0.0667. The largest absolute Gasteiger partial charge is 0.355 e. The van der Waals surface area contributed by atoms with Crippen molar-refractivity contribution < 1.29 is 9.59 Å². The zero-order valence-electron chi connectivity index (χ0n) is 11.3. The lowest BCUT2D eigenvalue weighted by Crippen LogP contribution is -2.24. The van der Waals surface area contributed by atoms with Crippen LogP contribution in [-0.2, 0) is 0 Å². The van der Waals surface area contributed by atoms with E-state index in [1.165, 1.54) is 7.05 Å². The number of para-hydroxylation sites is 1. The van der Waals surface area contributed by atoms with Crippen LogP contribution in [0.25, 0.3) is 0 Å². The van der Waals surface area contributed by atoms with E-state index in [2.05, 4.69) is 16.0 Å². The van der Waals surface area contributed by atoms with Gasteiger partial charge in [-0.1, -0.05) is 23.7 Å². The highest BCUT2D eigenvalue weighted by Gasteiger charge is 2.11. The molecular formula is C15H14ClN3O2. The highest BCUT2D eigenvalue weighted by atomic mass is 35.5. The molecule has 0 aliphatic rings. The van der Waals surface area contributed by atoms with Crippen LogP contribution in [0.4, 0.5) is 16.2 Å². The molecule has 0 radical (unpaired) electrons. The summed E-state index contributed by atoms with van der Waals surface area (Å²) in [5.41, 5.74) is 1.43. The first kappa shape index (κ1) is 14.9. The maximum atomic E-state index is 11.9. The SMILES string of the molecule is CNC(=O)c1ccccc1NC(=O)Nc1ccc(Cl)cc1. The zero-order valence-corrected chi connectivity index (χ0v) is 12.1. The van der Waals surface area contributed by atoms with Crippen LogP contribution in [0.2, 0.25) is 5.02 Å². The van der Waals surface area contributed by atoms with Crippen molar-refractivity contribution in [3.05, 3.63) is 59.1 Å². The van der Waals surface area contributed by atoms with Gasteiger partial charge in [-0.05, 0) is 36.4 Å². The molecule has 0 aliphatic carbocycles. The second-order valence-corrected chi connectivity index (χ2v) is 4.65. The lowest BCUT2D eigenvalue weighted by molar-refractivity contribution is 0.0964. The van der Waals surface area contributed by atoms with Crippen LogP contribution in [0.1, 0.15) is 10.4 Å². The number of hydrogen-bond acceptors (Lipinski definition) is 2. The topological polar surface area (TPSA) is 70.2 Å². The summed E-state index contributed by atoms with van der Waals surface area (Å²) in [5, 5.41) is 8.42. The molecule has 0 unspecified atom stereocenters. The number of carbonyl (C=O) groups is 2. The molecule has 6 heteroatoms. The molecule has 2 aromatic carbocycles. The molecule has 0 heterocycles. The third-order valence-corrected chi connectivity index (χ3v) is 3.00. The van der Waals surface area contributed by atoms with Gasteiger partial charge in [0.1, 0.15) is 0 Å². The maximum Gasteiger partial charge on any atom is 0.323 e. The van der Waals surface area contributed by atoms with Gasteiger partial charge in [0.05, 0.1) is 11.3 Å². The number of hydrogen-bond donors (Lipinski definition) is 3. The summed E-state index contributed by atoms with van der Waals surface area (Å²) in [6, 6.07) is 13.1. The molecule has 0 saturated heterocycles. The Morgan fingerprint density at radius 3 is 2.29 bits per heavy atom. The van der Waals surface area contributed by atoms with Gasteiger partial charge in [-0.15, -0.1) is 0 Å². The van der Waals surface area contributed by atoms with E-state index in [4.69, 9.17) is 11.6 Å². The van der Waals surface area contributed by atoms with Crippen LogP contribution in [0, 0.1) is 0 Å². The Hall–Kier alpha value is -2.53. The Kier molecular flexibility index (Phi) is 4.79. The summed E-state index contributed by atoms with van der Waals surface area (Å²) < 4.78 is 0. The molecule has 5 nitrogen and oxygen atoms in total. The fourth-order valence-corrected chi connectivity index (χ4v) is 1.87. The number of benzene rings is 2. The Balaban J connectivity index is 2.09. The number of halogens is 1. The van der Waals surface area contributed by atoms with Gasteiger partial charge in [-0.25, -0.2) is 4.79 Å². The molecule has 3 amide bonds. The predicted molar refractivity (Wildman–Crippen MR) is 83.9 cm³/mol. The first-order valence-electron chi connectivity index (χ1n) is 6.25. The minimum atomic E-state index is -0.436. The molecule has 2 aromatic rings. The van der Waals surface area contributed by atoms with Gasteiger partial charge < -0.3 is 16.0 Å². The van der Waals surface area contributed by atoms with Gasteiger partial charge in [-0.3, -0.25) is 4.79 Å². The molecule has 0 aliphatic heterocycles. The van der Waals surface area contributed by atoms with Crippen LogP contribution < -0.4 is 16.0 Å². The number of urea groups is 1. The van der Waals surface area contributed by atoms with Crippen LogP contribution in [0.3, 0.4) is 0 Å². The second-order valence-electron chi connectivity index (χ2n) is 4.21. The molecule has 0 saturated carbocycles. The van der Waals surface area contributed by atoms with Crippen LogP contribution in [0.15, 0.2) is 48.5 Å². The number of rotatable bonds is 3. The van der Waals surface area contributed by atoms with Crippen LogP contribution in [0.5, 0.6) is 0 Å². The van der Waals surface area contributed by atoms with Crippen molar-refractivity contribution in [2.24, 2.45) is 0 Å². The summed E-state index contributed by atoms with van der Waals surface area (Å²) in [5.74, 6) is -0.266. The van der Waals surface area contributed by atoms with Crippen molar-refractivity contribution in [1.82, 2.24) is 5.32 Å². The van der Waals surface area contributed by atoms with Crippen LogP contribution >= 0.6 is 11.6 Å². The third kappa shape index (κ3) is 3.97. The van der Waals surface area contributed by atoms with Crippen molar-refractivity contribution in [2.75, 3.05) is 17.7 Å². The van der Waals surface area contributed by atoms with E-state index in [0.29, 0.717) is 22.0 Å². The van der Waals surface area contributed by atoms with E-state index in [9.17, 15) is 9.59 Å². The zero-order chi connectivity index (χ0) is 15.2. The molecule has 0 fully saturated rings. The smallest absolute Gasteiger partial charge is 0.323 e. The summed E-state index contributed by atoms with van der Waals surface area (Å²) in [6.07, 6.45) is 0. The monoisotopic (exact) mass is 303 g/mol. The minimum Gasteiger partial charge on any atom is -0.355 e. The van der Waals surface area contributed by atoms with E-state index in [-0.39, 0.29) is 5.91 Å². The van der Waals surface area contributed by atoms with Gasteiger partial charge in [0.15, 0.2) is 0 Å². The molecule has 3 N–H and O–H groups in total. The number of anilines is 2. The standard InChI is InChI=1S/C15H14ClN3O2/c1-17-14(20)12-4-2-3-5-13(12)19-15(21)18-11-8-6-10(16)7-9-11/h2-9H,1H3,(H,17,20)(H2,18,19,21). The van der Waals surface area contributed by atoms with E-state index < -0.39 is 6.03 Å². The molecular weight excluding hydrogens is 290 g/mol. The van der Waals surface area contributed by atoms with Gasteiger partial charge in [0, 0.05) is 17.8 Å². The van der Waals surface area contributed by atoms with E-state index in [0.717, 1.165) is 0 Å². The lowest BCUT2D eigenvalue weighted by Gasteiger charge is -2.11. The van der Waals surface area contributed by atoms with E-state index in [1.807, 2.05) is 0 Å². The molecule has 21 heavy (non-hydrogen) atoms. The Bertz CT molecular complexity index is 656. The number of nitrogens with one attached hydrogen (secondary N) is 3. The van der Waals surface area contributed by atoms with Gasteiger partial charge in [-0.2, -0.15) is 0 Å². The van der Waals surface area contributed by atoms with E-state index in [1.54, 1.807) is 48.5 Å². The first-order valence-corrected chi connectivity index (χ1v) is 6.62. The normalized spacial score (nSPS) is 9.81. The molecule has 0 aromatic heterocycles. The first-order chi connectivity index (χ1) is 10.1. The summed E-state index contributed by atoms with van der Waals surface area (Å²) >= 11 is 5.78. The summed E-state index contributed by atoms with van der Waals surface area (Å²) in [4.78, 5) is 23.7.